The quantitative estimate of drug-likeness (QED) is 0.832. The molecule has 0 radical (unpaired) electrons. The van der Waals surface area contributed by atoms with Gasteiger partial charge in [-0.2, -0.15) is 0 Å². The van der Waals surface area contributed by atoms with Crippen LogP contribution in [-0.2, 0) is 4.74 Å². The van der Waals surface area contributed by atoms with Crippen LogP contribution in [0.5, 0.6) is 0 Å². The van der Waals surface area contributed by atoms with Gasteiger partial charge in [0.1, 0.15) is 0 Å². The van der Waals surface area contributed by atoms with Gasteiger partial charge in [-0.05, 0) is 44.9 Å². The Morgan fingerprint density at radius 1 is 1.17 bits per heavy atom. The zero-order chi connectivity index (χ0) is 16.4. The van der Waals surface area contributed by atoms with Crippen molar-refractivity contribution in [2.75, 3.05) is 26.2 Å². The molecule has 3 rings (SSSR count). The van der Waals surface area contributed by atoms with Crippen LogP contribution >= 0.6 is 11.6 Å². The molecule has 1 amide bonds. The number of ether oxygens (including phenoxy) is 1. The molecule has 1 aromatic carbocycles. The van der Waals surface area contributed by atoms with Gasteiger partial charge in [-0.25, -0.2) is 0 Å². The van der Waals surface area contributed by atoms with Crippen LogP contribution in [0, 0.1) is 0 Å². The molecule has 2 heterocycles. The third-order valence-corrected chi connectivity index (χ3v) is 5.02. The summed E-state index contributed by atoms with van der Waals surface area (Å²) in [5.74, 6) is 0.0923. The lowest BCUT2D eigenvalue weighted by molar-refractivity contribution is -0.0856. The highest BCUT2D eigenvalue weighted by atomic mass is 35.5. The normalized spacial score (nSPS) is 27.2. The fraction of sp³-hybridized carbons (Fsp3) is 0.611. The third kappa shape index (κ3) is 4.06. The van der Waals surface area contributed by atoms with E-state index in [9.17, 15) is 4.79 Å². The number of carbonyl (C=O) groups is 1. The van der Waals surface area contributed by atoms with E-state index in [2.05, 4.69) is 18.7 Å². The maximum Gasteiger partial charge on any atom is 0.253 e. The summed E-state index contributed by atoms with van der Waals surface area (Å²) >= 11 is 5.99. The molecule has 0 aliphatic carbocycles. The first kappa shape index (κ1) is 16.7. The molecule has 126 valence electrons. The second-order valence-corrected chi connectivity index (χ2v) is 7.18. The van der Waals surface area contributed by atoms with Gasteiger partial charge in [0, 0.05) is 42.8 Å². The van der Waals surface area contributed by atoms with Crippen molar-refractivity contribution in [3.8, 4) is 0 Å². The lowest BCUT2D eigenvalue weighted by atomic mass is 10.0. The molecule has 2 aliphatic rings. The first-order chi connectivity index (χ1) is 11.0. The van der Waals surface area contributed by atoms with Crippen LogP contribution in [-0.4, -0.2) is 60.1 Å². The largest absolute Gasteiger partial charge is 0.373 e. The van der Waals surface area contributed by atoms with E-state index in [0.29, 0.717) is 28.8 Å². The molecular weight excluding hydrogens is 312 g/mol. The number of piperidine rings is 1. The maximum atomic E-state index is 12.6. The Morgan fingerprint density at radius 2 is 1.83 bits per heavy atom. The zero-order valence-corrected chi connectivity index (χ0v) is 14.6. The molecule has 5 heteroatoms. The highest BCUT2D eigenvalue weighted by Crippen LogP contribution is 2.23. The Balaban J connectivity index is 1.57. The number of carbonyl (C=O) groups excluding carboxylic acids is 1. The molecule has 2 aliphatic heterocycles. The van der Waals surface area contributed by atoms with Crippen molar-refractivity contribution >= 4 is 17.5 Å². The lowest BCUT2D eigenvalue weighted by Crippen LogP contribution is -2.53. The molecule has 1 aromatic rings. The van der Waals surface area contributed by atoms with Gasteiger partial charge in [0.05, 0.1) is 12.2 Å². The van der Waals surface area contributed by atoms with E-state index in [1.54, 1.807) is 12.1 Å². The number of morpholine rings is 1. The van der Waals surface area contributed by atoms with Crippen molar-refractivity contribution in [3.05, 3.63) is 34.9 Å². The van der Waals surface area contributed by atoms with Gasteiger partial charge in [0.2, 0.25) is 0 Å². The fourth-order valence-corrected chi connectivity index (χ4v) is 3.94. The number of hydrogen-bond donors (Lipinski definition) is 0. The van der Waals surface area contributed by atoms with Gasteiger partial charge in [-0.15, -0.1) is 0 Å². The Bertz CT molecular complexity index is 548. The standard InChI is InChI=1S/C18H25ClN2O2/c1-13-11-21(12-14(2)23-13)17-6-8-20(9-7-17)18(22)15-4-3-5-16(19)10-15/h3-5,10,13-14,17H,6-9,11-12H2,1-2H3/t13-,14-/m1/s1. The maximum absolute atomic E-state index is 12.6. The molecule has 0 saturated carbocycles. The molecule has 0 N–H and O–H groups in total. The second kappa shape index (κ2) is 7.20. The molecule has 0 bridgehead atoms. The van der Waals surface area contributed by atoms with Gasteiger partial charge in [-0.3, -0.25) is 9.69 Å². The van der Waals surface area contributed by atoms with Crippen LogP contribution in [0.3, 0.4) is 0 Å². The van der Waals surface area contributed by atoms with Gasteiger partial charge >= 0.3 is 0 Å². The Morgan fingerprint density at radius 3 is 2.43 bits per heavy atom. The van der Waals surface area contributed by atoms with Crippen molar-refractivity contribution in [2.45, 2.75) is 44.9 Å². The number of nitrogens with zero attached hydrogens (tertiary/aromatic N) is 2. The number of amides is 1. The summed E-state index contributed by atoms with van der Waals surface area (Å²) in [5.41, 5.74) is 0.685. The summed E-state index contributed by atoms with van der Waals surface area (Å²) in [6.07, 6.45) is 2.66. The summed E-state index contributed by atoms with van der Waals surface area (Å²) < 4.78 is 5.82. The summed E-state index contributed by atoms with van der Waals surface area (Å²) in [7, 11) is 0. The molecule has 4 nitrogen and oxygen atoms in total. The average molecular weight is 337 g/mol. The summed E-state index contributed by atoms with van der Waals surface area (Å²) in [4.78, 5) is 17.1. The van der Waals surface area contributed by atoms with Crippen LogP contribution in [0.15, 0.2) is 24.3 Å². The first-order valence-electron chi connectivity index (χ1n) is 8.47. The highest BCUT2D eigenvalue weighted by Gasteiger charge is 2.31. The van der Waals surface area contributed by atoms with Crippen molar-refractivity contribution in [3.63, 3.8) is 0 Å². The number of benzene rings is 1. The van der Waals surface area contributed by atoms with Crippen LogP contribution in [0.25, 0.3) is 0 Å². The zero-order valence-electron chi connectivity index (χ0n) is 13.9. The van der Waals surface area contributed by atoms with Crippen molar-refractivity contribution in [1.82, 2.24) is 9.80 Å². The van der Waals surface area contributed by atoms with Gasteiger partial charge < -0.3 is 9.64 Å². The fourth-order valence-electron chi connectivity index (χ4n) is 3.75. The predicted octanol–water partition coefficient (Wildman–Crippen LogP) is 3.05. The molecule has 23 heavy (non-hydrogen) atoms. The Labute approximate surface area is 143 Å². The number of likely N-dealkylation sites (tertiary alicyclic amines) is 1. The van der Waals surface area contributed by atoms with Crippen LogP contribution < -0.4 is 0 Å². The number of rotatable bonds is 2. The van der Waals surface area contributed by atoms with Gasteiger partial charge in [-0.1, -0.05) is 17.7 Å². The first-order valence-corrected chi connectivity index (χ1v) is 8.85. The van der Waals surface area contributed by atoms with E-state index < -0.39 is 0 Å². The van der Waals surface area contributed by atoms with Crippen LogP contribution in [0.2, 0.25) is 5.02 Å². The average Bonchev–Trinajstić information content (AvgIpc) is 2.53. The topological polar surface area (TPSA) is 32.8 Å². The van der Waals surface area contributed by atoms with Crippen LogP contribution in [0.1, 0.15) is 37.0 Å². The monoisotopic (exact) mass is 336 g/mol. The van der Waals surface area contributed by atoms with Gasteiger partial charge in [0.15, 0.2) is 0 Å². The number of hydrogen-bond acceptors (Lipinski definition) is 3. The number of halogens is 1. The molecule has 2 saturated heterocycles. The molecule has 2 fully saturated rings. The minimum atomic E-state index is 0.0923. The minimum absolute atomic E-state index is 0.0923. The Hall–Kier alpha value is -1.10. The van der Waals surface area contributed by atoms with E-state index in [1.807, 2.05) is 17.0 Å². The second-order valence-electron chi connectivity index (χ2n) is 6.74. The summed E-state index contributed by atoms with van der Waals surface area (Å²) in [5, 5.41) is 0.613. The smallest absolute Gasteiger partial charge is 0.253 e. The van der Waals surface area contributed by atoms with Crippen molar-refractivity contribution in [1.29, 1.82) is 0 Å². The van der Waals surface area contributed by atoms with Gasteiger partial charge in [0.25, 0.3) is 5.91 Å². The molecular formula is C18H25ClN2O2. The van der Waals surface area contributed by atoms with Crippen molar-refractivity contribution < 1.29 is 9.53 Å². The lowest BCUT2D eigenvalue weighted by Gasteiger charge is -2.43. The van der Waals surface area contributed by atoms with E-state index >= 15 is 0 Å². The molecule has 2 atom stereocenters. The molecule has 0 spiro atoms. The Kier molecular flexibility index (Phi) is 5.24. The predicted molar refractivity (Wildman–Crippen MR) is 92.0 cm³/mol. The van der Waals surface area contributed by atoms with E-state index in [-0.39, 0.29) is 5.91 Å². The SMILES string of the molecule is C[C@@H]1CN(C2CCN(C(=O)c3cccc(Cl)c3)CC2)C[C@@H](C)O1. The van der Waals surface area contributed by atoms with E-state index in [0.717, 1.165) is 39.0 Å². The minimum Gasteiger partial charge on any atom is -0.373 e. The molecule has 0 unspecified atom stereocenters. The molecule has 0 aromatic heterocycles. The van der Waals surface area contributed by atoms with Crippen LogP contribution in [0.4, 0.5) is 0 Å². The van der Waals surface area contributed by atoms with E-state index in [4.69, 9.17) is 16.3 Å². The van der Waals surface area contributed by atoms with E-state index in [1.165, 1.54) is 0 Å². The summed E-state index contributed by atoms with van der Waals surface area (Å²) in [6.45, 7) is 7.90. The summed E-state index contributed by atoms with van der Waals surface area (Å²) in [6, 6.07) is 7.78. The highest BCUT2D eigenvalue weighted by molar-refractivity contribution is 6.30. The van der Waals surface area contributed by atoms with Crippen molar-refractivity contribution in [2.24, 2.45) is 0 Å². The third-order valence-electron chi connectivity index (χ3n) is 4.79.